The van der Waals surface area contributed by atoms with Crippen LogP contribution in [-0.4, -0.2) is 22.2 Å². The van der Waals surface area contributed by atoms with E-state index in [2.05, 4.69) is 10.4 Å². The molecule has 0 bridgehead atoms. The van der Waals surface area contributed by atoms with Crippen LogP contribution < -0.4 is 11.1 Å². The van der Waals surface area contributed by atoms with Gasteiger partial charge < -0.3 is 11.1 Å². The van der Waals surface area contributed by atoms with Crippen molar-refractivity contribution in [1.29, 1.82) is 0 Å². The van der Waals surface area contributed by atoms with Crippen LogP contribution in [0, 0.1) is 0 Å². The summed E-state index contributed by atoms with van der Waals surface area (Å²) in [6, 6.07) is 9.39. The van der Waals surface area contributed by atoms with Gasteiger partial charge in [-0.2, -0.15) is 5.10 Å². The maximum absolute atomic E-state index is 12.4. The number of carbonyl (C=O) groups excluding carboxylic acids is 1. The third-order valence-corrected chi connectivity index (χ3v) is 3.79. The van der Waals surface area contributed by atoms with Crippen LogP contribution in [0.4, 0.5) is 5.69 Å². The second-order valence-corrected chi connectivity index (χ2v) is 5.70. The van der Waals surface area contributed by atoms with Crippen molar-refractivity contribution in [2.45, 2.75) is 25.7 Å². The minimum Gasteiger partial charge on any atom is -0.399 e. The Labute approximate surface area is 125 Å². The molecule has 5 heteroatoms. The lowest BCUT2D eigenvalue weighted by Crippen LogP contribution is -2.41. The number of aryl methyl sites for hydroxylation is 1. The lowest BCUT2D eigenvalue weighted by molar-refractivity contribution is -0.125. The topological polar surface area (TPSA) is 72.9 Å². The van der Waals surface area contributed by atoms with Crippen molar-refractivity contribution in [3.8, 4) is 0 Å². The number of aromatic nitrogens is 2. The summed E-state index contributed by atoms with van der Waals surface area (Å²) < 4.78 is 1.82. The highest BCUT2D eigenvalue weighted by atomic mass is 16.2. The van der Waals surface area contributed by atoms with Crippen molar-refractivity contribution in [1.82, 2.24) is 15.1 Å². The molecule has 0 spiro atoms. The summed E-state index contributed by atoms with van der Waals surface area (Å²) in [6.45, 7) is 4.42. The minimum atomic E-state index is -0.583. The van der Waals surface area contributed by atoms with Crippen molar-refractivity contribution in [3.63, 3.8) is 0 Å². The largest absolute Gasteiger partial charge is 0.399 e. The lowest BCUT2D eigenvalue weighted by Gasteiger charge is -2.24. The molecule has 0 atom stereocenters. The lowest BCUT2D eigenvalue weighted by atomic mass is 9.83. The first-order valence-electron chi connectivity index (χ1n) is 7.02. The van der Waals surface area contributed by atoms with E-state index in [0.29, 0.717) is 12.2 Å². The van der Waals surface area contributed by atoms with E-state index in [1.807, 2.05) is 55.9 Å². The zero-order chi connectivity index (χ0) is 15.5. The van der Waals surface area contributed by atoms with Gasteiger partial charge in [-0.1, -0.05) is 12.1 Å². The third kappa shape index (κ3) is 3.42. The Morgan fingerprint density at radius 3 is 2.52 bits per heavy atom. The molecule has 0 fully saturated rings. The molecule has 112 valence electrons. The van der Waals surface area contributed by atoms with Gasteiger partial charge in [-0.25, -0.2) is 0 Å². The van der Waals surface area contributed by atoms with Gasteiger partial charge >= 0.3 is 0 Å². The number of rotatable bonds is 5. The number of hydrogen-bond acceptors (Lipinski definition) is 3. The van der Waals surface area contributed by atoms with Gasteiger partial charge in [0.15, 0.2) is 0 Å². The SMILES string of the molecule is Cn1nccc1CCNC(=O)C(C)(C)c1ccc(N)cc1. The first-order chi connectivity index (χ1) is 9.91. The molecule has 2 aromatic rings. The average Bonchev–Trinajstić information content (AvgIpc) is 2.85. The molecule has 1 aromatic carbocycles. The number of amides is 1. The molecule has 5 nitrogen and oxygen atoms in total. The first kappa shape index (κ1) is 15.1. The van der Waals surface area contributed by atoms with Crippen LogP contribution in [0.5, 0.6) is 0 Å². The predicted molar refractivity (Wildman–Crippen MR) is 83.8 cm³/mol. The number of nitrogens with zero attached hydrogens (tertiary/aromatic N) is 2. The molecule has 2 rings (SSSR count). The Morgan fingerprint density at radius 1 is 1.29 bits per heavy atom. The second kappa shape index (κ2) is 5.99. The molecule has 0 unspecified atom stereocenters. The van der Waals surface area contributed by atoms with Crippen molar-refractivity contribution < 1.29 is 4.79 Å². The summed E-state index contributed by atoms with van der Waals surface area (Å²) in [4.78, 5) is 12.4. The maximum atomic E-state index is 12.4. The smallest absolute Gasteiger partial charge is 0.230 e. The summed E-state index contributed by atoms with van der Waals surface area (Å²) in [5, 5.41) is 7.10. The highest BCUT2D eigenvalue weighted by molar-refractivity contribution is 5.87. The van der Waals surface area contributed by atoms with Crippen molar-refractivity contribution in [3.05, 3.63) is 47.8 Å². The highest BCUT2D eigenvalue weighted by Gasteiger charge is 2.29. The Balaban J connectivity index is 1.95. The van der Waals surface area contributed by atoms with Gasteiger partial charge in [-0.15, -0.1) is 0 Å². The third-order valence-electron chi connectivity index (χ3n) is 3.79. The van der Waals surface area contributed by atoms with E-state index in [0.717, 1.165) is 17.7 Å². The number of carbonyl (C=O) groups is 1. The van der Waals surface area contributed by atoms with Gasteiger partial charge in [-0.3, -0.25) is 9.48 Å². The highest BCUT2D eigenvalue weighted by Crippen LogP contribution is 2.24. The van der Waals surface area contributed by atoms with Crippen LogP contribution in [0.15, 0.2) is 36.5 Å². The Hall–Kier alpha value is -2.30. The summed E-state index contributed by atoms with van der Waals surface area (Å²) >= 11 is 0. The van der Waals surface area contributed by atoms with Gasteiger partial charge in [0.2, 0.25) is 5.91 Å². The average molecular weight is 286 g/mol. The van der Waals surface area contributed by atoms with Crippen molar-refractivity contribution in [2.75, 3.05) is 12.3 Å². The molecule has 0 saturated carbocycles. The van der Waals surface area contributed by atoms with E-state index >= 15 is 0 Å². The molecule has 1 amide bonds. The number of anilines is 1. The molecule has 0 radical (unpaired) electrons. The molecular weight excluding hydrogens is 264 g/mol. The summed E-state index contributed by atoms with van der Waals surface area (Å²) in [6.07, 6.45) is 2.52. The fourth-order valence-corrected chi connectivity index (χ4v) is 2.20. The minimum absolute atomic E-state index is 0.00874. The van der Waals surface area contributed by atoms with Gasteiger partial charge in [0.25, 0.3) is 0 Å². The molecule has 1 aromatic heterocycles. The molecule has 0 aliphatic carbocycles. The van der Waals surface area contributed by atoms with E-state index in [4.69, 9.17) is 5.73 Å². The van der Waals surface area contributed by atoms with E-state index in [1.165, 1.54) is 0 Å². The van der Waals surface area contributed by atoms with E-state index in [1.54, 1.807) is 6.20 Å². The van der Waals surface area contributed by atoms with Crippen molar-refractivity contribution >= 4 is 11.6 Å². The maximum Gasteiger partial charge on any atom is 0.230 e. The number of hydrogen-bond donors (Lipinski definition) is 2. The van der Waals surface area contributed by atoms with E-state index in [9.17, 15) is 4.79 Å². The predicted octanol–water partition coefficient (Wildman–Crippen LogP) is 1.64. The Bertz CT molecular complexity index is 613. The number of benzene rings is 1. The molecular formula is C16H22N4O. The van der Waals surface area contributed by atoms with Gasteiger partial charge in [-0.05, 0) is 37.6 Å². The second-order valence-electron chi connectivity index (χ2n) is 5.70. The standard InChI is InChI=1S/C16H22N4O/c1-16(2,12-4-6-13(17)7-5-12)15(21)18-10-8-14-9-11-19-20(14)3/h4-7,9,11H,8,10,17H2,1-3H3,(H,18,21). The van der Waals surface area contributed by atoms with Crippen LogP contribution >= 0.6 is 0 Å². The quantitative estimate of drug-likeness (QED) is 0.821. The molecule has 0 saturated heterocycles. The molecule has 0 aliphatic heterocycles. The monoisotopic (exact) mass is 286 g/mol. The van der Waals surface area contributed by atoms with Crippen LogP contribution in [0.25, 0.3) is 0 Å². The normalized spacial score (nSPS) is 11.4. The zero-order valence-corrected chi connectivity index (χ0v) is 12.8. The Morgan fingerprint density at radius 2 is 1.95 bits per heavy atom. The van der Waals surface area contributed by atoms with Crippen molar-refractivity contribution in [2.24, 2.45) is 7.05 Å². The number of nitrogen functional groups attached to an aromatic ring is 1. The first-order valence-corrected chi connectivity index (χ1v) is 7.02. The fraction of sp³-hybridized carbons (Fsp3) is 0.375. The molecule has 1 heterocycles. The van der Waals surface area contributed by atoms with E-state index < -0.39 is 5.41 Å². The van der Waals surface area contributed by atoms with Crippen LogP contribution in [-0.2, 0) is 23.7 Å². The van der Waals surface area contributed by atoms with Gasteiger partial charge in [0.05, 0.1) is 5.41 Å². The zero-order valence-electron chi connectivity index (χ0n) is 12.8. The van der Waals surface area contributed by atoms with Gasteiger partial charge in [0, 0.05) is 37.6 Å². The number of nitrogens with one attached hydrogen (secondary N) is 1. The van der Waals surface area contributed by atoms with Crippen LogP contribution in [0.1, 0.15) is 25.1 Å². The Kier molecular flexibility index (Phi) is 4.31. The fourth-order valence-electron chi connectivity index (χ4n) is 2.20. The molecule has 0 aliphatic rings. The molecule has 21 heavy (non-hydrogen) atoms. The van der Waals surface area contributed by atoms with Crippen LogP contribution in [0.3, 0.4) is 0 Å². The molecule has 3 N–H and O–H groups in total. The summed E-state index contributed by atoms with van der Waals surface area (Å²) in [5.74, 6) is 0.00874. The summed E-state index contributed by atoms with van der Waals surface area (Å²) in [7, 11) is 1.90. The van der Waals surface area contributed by atoms with E-state index in [-0.39, 0.29) is 5.91 Å². The van der Waals surface area contributed by atoms with Crippen LogP contribution in [0.2, 0.25) is 0 Å². The van der Waals surface area contributed by atoms with Gasteiger partial charge in [0.1, 0.15) is 0 Å². The summed E-state index contributed by atoms with van der Waals surface area (Å²) in [5.41, 5.74) is 7.85. The number of nitrogens with two attached hydrogens (primary N) is 1.